The van der Waals surface area contributed by atoms with Gasteiger partial charge in [0, 0.05) is 6.54 Å². The molecule has 0 radical (unpaired) electrons. The summed E-state index contributed by atoms with van der Waals surface area (Å²) in [7, 11) is -4.37. The van der Waals surface area contributed by atoms with Gasteiger partial charge in [0.2, 0.25) is 0 Å². The molecule has 0 amide bonds. The van der Waals surface area contributed by atoms with Crippen LogP contribution in [0.3, 0.4) is 0 Å². The van der Waals surface area contributed by atoms with Crippen LogP contribution >= 0.6 is 31.3 Å². The minimum atomic E-state index is -4.37. The predicted molar refractivity (Wildman–Crippen MR) is 190 cm³/mol. The summed E-state index contributed by atoms with van der Waals surface area (Å²) >= 11 is 3.02. The smallest absolute Gasteiger partial charge is 0.461 e. The van der Waals surface area contributed by atoms with Gasteiger partial charge in [0.25, 0.3) is 0 Å². The second-order valence-electron chi connectivity index (χ2n) is 11.7. The van der Waals surface area contributed by atoms with Gasteiger partial charge >= 0.3 is 19.8 Å². The van der Waals surface area contributed by atoms with Crippen molar-refractivity contribution in [2.75, 3.05) is 49.4 Å². The van der Waals surface area contributed by atoms with Crippen LogP contribution in [0.4, 0.5) is 0 Å². The van der Waals surface area contributed by atoms with E-state index in [-0.39, 0.29) is 31.3 Å². The van der Waals surface area contributed by atoms with Gasteiger partial charge in [-0.05, 0) is 24.3 Å². The molecule has 0 fully saturated rings. The van der Waals surface area contributed by atoms with Crippen LogP contribution in [0.2, 0.25) is 0 Å². The first kappa shape index (κ1) is 44.7. The van der Waals surface area contributed by atoms with Crippen LogP contribution in [0.5, 0.6) is 0 Å². The number of hydrogen-bond donors (Lipinski definition) is 2. The topological polar surface area (TPSA) is 134 Å². The molecule has 0 spiro atoms. The average Bonchev–Trinajstić information content (AvgIpc) is 3.02. The van der Waals surface area contributed by atoms with Gasteiger partial charge < -0.3 is 20.1 Å². The molecule has 0 aromatic carbocycles. The van der Waals surface area contributed by atoms with Crippen LogP contribution < -0.4 is 5.73 Å². The predicted octanol–water partition coefficient (Wildman–Crippen LogP) is 8.84. The van der Waals surface area contributed by atoms with Crippen molar-refractivity contribution < 1.29 is 37.6 Å². The van der Waals surface area contributed by atoms with Crippen molar-refractivity contribution in [3.8, 4) is 0 Å². The molecule has 268 valence electrons. The van der Waals surface area contributed by atoms with E-state index >= 15 is 0 Å². The minimum Gasteiger partial charge on any atom is -0.461 e. The Balaban J connectivity index is 4.21. The van der Waals surface area contributed by atoms with Crippen LogP contribution in [0.1, 0.15) is 142 Å². The summed E-state index contributed by atoms with van der Waals surface area (Å²) in [6.07, 6.45) is 24.3. The lowest BCUT2D eigenvalue weighted by Crippen LogP contribution is -2.30. The first-order valence-electron chi connectivity index (χ1n) is 17.7. The normalized spacial score (nSPS) is 13.4. The highest BCUT2D eigenvalue weighted by Crippen LogP contribution is 2.43. The number of phosphoric ester groups is 1. The molecule has 0 aromatic heterocycles. The van der Waals surface area contributed by atoms with Gasteiger partial charge in [-0.3, -0.25) is 18.6 Å². The lowest BCUT2D eigenvalue weighted by Gasteiger charge is -2.19. The molecule has 12 heteroatoms. The number of esters is 2. The van der Waals surface area contributed by atoms with Crippen molar-refractivity contribution in [2.45, 2.75) is 148 Å². The molecule has 0 rings (SSSR count). The highest BCUT2D eigenvalue weighted by molar-refractivity contribution is 8.00. The molecule has 2 atom stereocenters. The quantitative estimate of drug-likeness (QED) is 0.0373. The summed E-state index contributed by atoms with van der Waals surface area (Å²) in [5, 5.41) is 0. The fourth-order valence-corrected chi connectivity index (χ4v) is 7.00. The Morgan fingerprint density at radius 3 is 1.51 bits per heavy atom. The standard InChI is InChI=1S/C33H66NO8PS2/c1-3-5-7-9-11-13-15-17-19-21-25-44-29-32(35)39-27-31(28-41-43(37,38)40-24-23-34)42-33(36)30-45-26-22-20-18-16-14-12-10-8-6-4-2/h31H,3-30,34H2,1-2H3,(H,37,38)/t31-/m1/s1. The van der Waals surface area contributed by atoms with E-state index in [1.54, 1.807) is 0 Å². The molecule has 0 aliphatic carbocycles. The fourth-order valence-electron chi connectivity index (χ4n) is 4.64. The second kappa shape index (κ2) is 33.6. The summed E-state index contributed by atoms with van der Waals surface area (Å²) in [5.41, 5.74) is 5.32. The van der Waals surface area contributed by atoms with Crippen molar-refractivity contribution in [3.05, 3.63) is 0 Å². The number of carbonyl (C=O) groups is 2. The summed E-state index contributed by atoms with van der Waals surface area (Å²) in [6, 6.07) is 0. The molecule has 1 unspecified atom stereocenters. The van der Waals surface area contributed by atoms with Crippen LogP contribution in [-0.4, -0.2) is 72.3 Å². The maximum Gasteiger partial charge on any atom is 0.472 e. The summed E-state index contributed by atoms with van der Waals surface area (Å²) < 4.78 is 32.5. The van der Waals surface area contributed by atoms with Gasteiger partial charge in [-0.1, -0.05) is 129 Å². The maximum absolute atomic E-state index is 12.5. The van der Waals surface area contributed by atoms with Crippen molar-refractivity contribution in [1.29, 1.82) is 0 Å². The van der Waals surface area contributed by atoms with E-state index in [0.717, 1.165) is 37.2 Å². The van der Waals surface area contributed by atoms with E-state index in [1.165, 1.54) is 126 Å². The number of carbonyl (C=O) groups excluding carboxylic acids is 2. The zero-order chi connectivity index (χ0) is 33.3. The zero-order valence-corrected chi connectivity index (χ0v) is 31.0. The average molecular weight is 700 g/mol. The third-order valence-corrected chi connectivity index (χ3v) is 10.3. The molecule has 45 heavy (non-hydrogen) atoms. The van der Waals surface area contributed by atoms with Crippen molar-refractivity contribution in [1.82, 2.24) is 0 Å². The molecular formula is C33H66NO8PS2. The monoisotopic (exact) mass is 699 g/mol. The largest absolute Gasteiger partial charge is 0.472 e. The molecule has 0 aliphatic rings. The van der Waals surface area contributed by atoms with E-state index in [9.17, 15) is 19.0 Å². The molecule has 0 aliphatic heterocycles. The van der Waals surface area contributed by atoms with E-state index in [2.05, 4.69) is 13.8 Å². The van der Waals surface area contributed by atoms with Crippen LogP contribution in [0.15, 0.2) is 0 Å². The number of thioether (sulfide) groups is 2. The number of unbranched alkanes of at least 4 members (excludes halogenated alkanes) is 18. The fraction of sp³-hybridized carbons (Fsp3) is 0.939. The van der Waals surface area contributed by atoms with Crippen molar-refractivity contribution in [2.24, 2.45) is 5.73 Å². The molecule has 0 bridgehead atoms. The Hall–Kier alpha value is -0.290. The number of rotatable bonds is 35. The number of nitrogens with two attached hydrogens (primary N) is 1. The van der Waals surface area contributed by atoms with E-state index < -0.39 is 32.5 Å². The zero-order valence-electron chi connectivity index (χ0n) is 28.5. The molecule has 0 heterocycles. The SMILES string of the molecule is CCCCCCCCCCCCSCC(=O)OC[C@H](COP(=O)(O)OCCN)OC(=O)CSCCCCCCCCCCCC. The lowest BCUT2D eigenvalue weighted by molar-refractivity contribution is -0.157. The van der Waals surface area contributed by atoms with Crippen LogP contribution in [0, 0.1) is 0 Å². The molecule has 0 saturated heterocycles. The van der Waals surface area contributed by atoms with Crippen LogP contribution in [0.25, 0.3) is 0 Å². The van der Waals surface area contributed by atoms with Gasteiger partial charge in [0.05, 0.1) is 24.7 Å². The van der Waals surface area contributed by atoms with E-state index in [0.29, 0.717) is 0 Å². The molecule has 3 N–H and O–H groups in total. The van der Waals surface area contributed by atoms with Gasteiger partial charge in [0.15, 0.2) is 6.10 Å². The van der Waals surface area contributed by atoms with Gasteiger partial charge in [-0.25, -0.2) is 4.57 Å². The summed E-state index contributed by atoms with van der Waals surface area (Å²) in [6.45, 7) is 3.67. The third kappa shape index (κ3) is 33.4. The Morgan fingerprint density at radius 2 is 1.07 bits per heavy atom. The van der Waals surface area contributed by atoms with Crippen molar-refractivity contribution in [3.63, 3.8) is 0 Å². The van der Waals surface area contributed by atoms with Crippen LogP contribution in [-0.2, 0) is 32.7 Å². The van der Waals surface area contributed by atoms with Gasteiger partial charge in [-0.15, -0.1) is 0 Å². The van der Waals surface area contributed by atoms with E-state index in [4.69, 9.17) is 24.3 Å². The van der Waals surface area contributed by atoms with Crippen molar-refractivity contribution >= 4 is 43.3 Å². The first-order chi connectivity index (χ1) is 21.8. The molecule has 9 nitrogen and oxygen atoms in total. The molecule has 0 saturated carbocycles. The molecule has 0 aromatic rings. The van der Waals surface area contributed by atoms with Gasteiger partial charge in [0.1, 0.15) is 6.61 Å². The first-order valence-corrected chi connectivity index (χ1v) is 21.5. The Bertz CT molecular complexity index is 735. The Kier molecular flexibility index (Phi) is 33.4. The maximum atomic E-state index is 12.5. The summed E-state index contributed by atoms with van der Waals surface area (Å²) in [4.78, 5) is 34.5. The van der Waals surface area contributed by atoms with E-state index in [1.807, 2.05) is 0 Å². The second-order valence-corrected chi connectivity index (χ2v) is 15.3. The Morgan fingerprint density at radius 1 is 0.644 bits per heavy atom. The number of ether oxygens (including phenoxy) is 2. The molecular weight excluding hydrogens is 633 g/mol. The lowest BCUT2D eigenvalue weighted by atomic mass is 10.1. The number of hydrogen-bond acceptors (Lipinski definition) is 10. The third-order valence-electron chi connectivity index (χ3n) is 7.25. The van der Waals surface area contributed by atoms with Gasteiger partial charge in [-0.2, -0.15) is 23.5 Å². The Labute approximate surface area is 283 Å². The summed E-state index contributed by atoms with van der Waals surface area (Å²) in [5.74, 6) is 1.19. The minimum absolute atomic E-state index is 0.0526. The highest BCUT2D eigenvalue weighted by atomic mass is 32.2. The number of phosphoric acid groups is 1. The highest BCUT2D eigenvalue weighted by Gasteiger charge is 2.26.